The first-order valence-electron chi connectivity index (χ1n) is 11.1. The van der Waals surface area contributed by atoms with Gasteiger partial charge in [-0.3, -0.25) is 4.90 Å². The lowest BCUT2D eigenvalue weighted by Gasteiger charge is -2.44. The molecule has 0 atom stereocenters. The number of likely N-dealkylation sites (tertiary alicyclic amines) is 1. The van der Waals surface area contributed by atoms with Crippen molar-refractivity contribution in [3.05, 3.63) is 34.8 Å². The van der Waals surface area contributed by atoms with Gasteiger partial charge in [0.2, 0.25) is 0 Å². The summed E-state index contributed by atoms with van der Waals surface area (Å²) >= 11 is 1.79. The van der Waals surface area contributed by atoms with Gasteiger partial charge >= 0.3 is 0 Å². The summed E-state index contributed by atoms with van der Waals surface area (Å²) < 4.78 is 6.21. The van der Waals surface area contributed by atoms with Crippen LogP contribution < -0.4 is 4.74 Å². The SMILES string of the molecule is OCCN1CCc2nc(-c3ccc(O[C@H]4C[C@H](N5CCCCC5)C4)cc3)sc2C1. The number of benzene rings is 1. The van der Waals surface area contributed by atoms with Crippen molar-refractivity contribution in [3.8, 4) is 16.3 Å². The van der Waals surface area contributed by atoms with Crippen LogP contribution in [0.1, 0.15) is 42.7 Å². The van der Waals surface area contributed by atoms with Crippen LogP contribution in [-0.2, 0) is 13.0 Å². The molecule has 1 aromatic carbocycles. The number of piperidine rings is 1. The quantitative estimate of drug-likeness (QED) is 0.785. The van der Waals surface area contributed by atoms with Crippen LogP contribution >= 0.6 is 11.3 Å². The van der Waals surface area contributed by atoms with Crippen LogP contribution in [0.15, 0.2) is 24.3 Å². The van der Waals surface area contributed by atoms with Gasteiger partial charge in [-0.1, -0.05) is 6.42 Å². The topological polar surface area (TPSA) is 48.8 Å². The zero-order valence-electron chi connectivity index (χ0n) is 17.1. The van der Waals surface area contributed by atoms with E-state index in [1.165, 1.54) is 61.3 Å². The molecule has 2 fully saturated rings. The molecule has 1 aliphatic carbocycles. The lowest BCUT2D eigenvalue weighted by molar-refractivity contribution is 0.00893. The maximum atomic E-state index is 9.17. The van der Waals surface area contributed by atoms with Gasteiger partial charge in [0, 0.05) is 55.4 Å². The number of ether oxygens (including phenoxy) is 1. The maximum Gasteiger partial charge on any atom is 0.123 e. The van der Waals surface area contributed by atoms with Crippen molar-refractivity contribution in [3.63, 3.8) is 0 Å². The first-order valence-corrected chi connectivity index (χ1v) is 11.9. The van der Waals surface area contributed by atoms with E-state index in [4.69, 9.17) is 9.72 Å². The standard InChI is InChI=1S/C23H31N3O2S/c27-13-12-25-11-8-21-22(16-25)29-23(24-21)17-4-6-19(7-5-17)28-20-14-18(15-20)26-9-2-1-3-10-26/h4-7,18,20,27H,1-3,8-16H2/t18-,20-. The number of aliphatic hydroxyl groups is 1. The third kappa shape index (κ3) is 4.36. The van der Waals surface area contributed by atoms with Crippen LogP contribution in [0.25, 0.3) is 10.6 Å². The van der Waals surface area contributed by atoms with E-state index in [0.29, 0.717) is 6.10 Å². The Hall–Kier alpha value is -1.47. The Balaban J connectivity index is 1.16. The Morgan fingerprint density at radius 2 is 1.86 bits per heavy atom. The summed E-state index contributed by atoms with van der Waals surface area (Å²) in [4.78, 5) is 11.2. The number of rotatable bonds is 6. The highest BCUT2D eigenvalue weighted by Crippen LogP contribution is 2.34. The van der Waals surface area contributed by atoms with E-state index in [-0.39, 0.29) is 6.61 Å². The number of aliphatic hydroxyl groups excluding tert-OH is 1. The summed E-state index contributed by atoms with van der Waals surface area (Å²) in [5.41, 5.74) is 2.41. The molecule has 1 saturated heterocycles. The molecule has 1 aromatic heterocycles. The van der Waals surface area contributed by atoms with Crippen LogP contribution in [-0.4, -0.2) is 64.8 Å². The maximum absolute atomic E-state index is 9.17. The van der Waals surface area contributed by atoms with Crippen molar-refractivity contribution in [1.29, 1.82) is 0 Å². The van der Waals surface area contributed by atoms with E-state index < -0.39 is 0 Å². The molecule has 5 rings (SSSR count). The Morgan fingerprint density at radius 3 is 2.62 bits per heavy atom. The molecule has 6 heteroatoms. The number of nitrogens with zero attached hydrogens (tertiary/aromatic N) is 3. The second-order valence-corrected chi connectivity index (χ2v) is 9.71. The molecule has 0 unspecified atom stereocenters. The van der Waals surface area contributed by atoms with E-state index >= 15 is 0 Å². The average molecular weight is 414 g/mol. The fraction of sp³-hybridized carbons (Fsp3) is 0.609. The van der Waals surface area contributed by atoms with Gasteiger partial charge in [-0.15, -0.1) is 11.3 Å². The van der Waals surface area contributed by atoms with Gasteiger partial charge in [0.05, 0.1) is 12.3 Å². The molecule has 156 valence electrons. The third-order valence-corrected chi connectivity index (χ3v) is 7.74. The van der Waals surface area contributed by atoms with Crippen molar-refractivity contribution in [1.82, 2.24) is 14.8 Å². The minimum Gasteiger partial charge on any atom is -0.490 e. The summed E-state index contributed by atoms with van der Waals surface area (Å²) in [6.07, 6.45) is 7.83. The van der Waals surface area contributed by atoms with E-state index in [1.54, 1.807) is 11.3 Å². The number of hydrogen-bond donors (Lipinski definition) is 1. The summed E-state index contributed by atoms with van der Waals surface area (Å²) in [6.45, 7) is 5.43. The average Bonchev–Trinajstić information content (AvgIpc) is 3.15. The van der Waals surface area contributed by atoms with Gasteiger partial charge in [-0.05, 0) is 50.2 Å². The molecule has 2 aliphatic heterocycles. The number of hydrogen-bond acceptors (Lipinski definition) is 6. The van der Waals surface area contributed by atoms with Crippen LogP contribution in [0.2, 0.25) is 0 Å². The van der Waals surface area contributed by atoms with Crippen LogP contribution in [0.5, 0.6) is 5.75 Å². The predicted molar refractivity (Wildman–Crippen MR) is 116 cm³/mol. The van der Waals surface area contributed by atoms with Crippen molar-refractivity contribution in [2.24, 2.45) is 0 Å². The summed E-state index contributed by atoms with van der Waals surface area (Å²) in [7, 11) is 0. The number of aromatic nitrogens is 1. The van der Waals surface area contributed by atoms with Crippen molar-refractivity contribution >= 4 is 11.3 Å². The van der Waals surface area contributed by atoms with E-state index in [2.05, 4.69) is 34.1 Å². The first-order chi connectivity index (χ1) is 14.3. The highest BCUT2D eigenvalue weighted by Gasteiger charge is 2.35. The highest BCUT2D eigenvalue weighted by molar-refractivity contribution is 7.15. The lowest BCUT2D eigenvalue weighted by atomic mass is 9.86. The second kappa shape index (κ2) is 8.72. The van der Waals surface area contributed by atoms with E-state index in [1.807, 2.05) is 0 Å². The molecule has 3 heterocycles. The lowest BCUT2D eigenvalue weighted by Crippen LogP contribution is -2.50. The molecule has 0 spiro atoms. The molecule has 1 saturated carbocycles. The second-order valence-electron chi connectivity index (χ2n) is 8.62. The largest absolute Gasteiger partial charge is 0.490 e. The molecule has 5 nitrogen and oxygen atoms in total. The Morgan fingerprint density at radius 1 is 1.07 bits per heavy atom. The normalized spacial score (nSPS) is 25.4. The van der Waals surface area contributed by atoms with Crippen LogP contribution in [0.4, 0.5) is 0 Å². The van der Waals surface area contributed by atoms with Gasteiger partial charge in [-0.2, -0.15) is 0 Å². The van der Waals surface area contributed by atoms with Gasteiger partial charge < -0.3 is 14.7 Å². The van der Waals surface area contributed by atoms with Gasteiger partial charge in [0.15, 0.2) is 0 Å². The monoisotopic (exact) mass is 413 g/mol. The van der Waals surface area contributed by atoms with Gasteiger partial charge in [0.25, 0.3) is 0 Å². The molecular formula is C23H31N3O2S. The fourth-order valence-electron chi connectivity index (χ4n) is 4.79. The van der Waals surface area contributed by atoms with E-state index in [9.17, 15) is 5.11 Å². The summed E-state index contributed by atoms with van der Waals surface area (Å²) in [5.74, 6) is 0.978. The predicted octanol–water partition coefficient (Wildman–Crippen LogP) is 3.56. The Labute approximate surface area is 177 Å². The molecule has 3 aliphatic rings. The molecular weight excluding hydrogens is 382 g/mol. The molecule has 29 heavy (non-hydrogen) atoms. The van der Waals surface area contributed by atoms with Crippen molar-refractivity contribution < 1.29 is 9.84 Å². The highest BCUT2D eigenvalue weighted by atomic mass is 32.1. The molecule has 0 radical (unpaired) electrons. The minimum atomic E-state index is 0.224. The van der Waals surface area contributed by atoms with Crippen LogP contribution in [0.3, 0.4) is 0 Å². The number of β-amino-alcohol motifs (C(OH)–C–C–N with tert-alkyl or cyclic N) is 1. The van der Waals surface area contributed by atoms with Gasteiger partial charge in [-0.25, -0.2) is 4.98 Å². The number of fused-ring (bicyclic) bond motifs is 1. The van der Waals surface area contributed by atoms with Gasteiger partial charge in [0.1, 0.15) is 16.9 Å². The zero-order chi connectivity index (χ0) is 19.6. The zero-order valence-corrected chi connectivity index (χ0v) is 17.9. The Kier molecular flexibility index (Phi) is 5.86. The fourth-order valence-corrected chi connectivity index (χ4v) is 5.94. The molecule has 0 amide bonds. The number of thiazole rings is 1. The summed E-state index contributed by atoms with van der Waals surface area (Å²) in [6, 6.07) is 9.23. The minimum absolute atomic E-state index is 0.224. The smallest absolute Gasteiger partial charge is 0.123 e. The summed E-state index contributed by atoms with van der Waals surface area (Å²) in [5, 5.41) is 10.3. The third-order valence-electron chi connectivity index (χ3n) is 6.61. The molecule has 0 bridgehead atoms. The Bertz CT molecular complexity index is 810. The first kappa shape index (κ1) is 19.5. The molecule has 2 aromatic rings. The van der Waals surface area contributed by atoms with Crippen molar-refractivity contribution in [2.75, 3.05) is 32.8 Å². The van der Waals surface area contributed by atoms with E-state index in [0.717, 1.165) is 42.9 Å². The molecule has 1 N–H and O–H groups in total. The van der Waals surface area contributed by atoms with Crippen LogP contribution in [0, 0.1) is 0 Å². The van der Waals surface area contributed by atoms with Crippen molar-refractivity contribution in [2.45, 2.75) is 57.2 Å².